The molecule has 3 nitrogen and oxygen atoms in total. The second-order valence-electron chi connectivity index (χ2n) is 5.47. The monoisotopic (exact) mass is 322 g/mol. The van der Waals surface area contributed by atoms with Gasteiger partial charge in [0.25, 0.3) is 0 Å². The average Bonchev–Trinajstić information content (AvgIpc) is 3.04. The zero-order valence-electron chi connectivity index (χ0n) is 12.9. The SMILES string of the molecule is C[C@H](CC(=O)Nc1nc(-c2ccccc2)cs1)c1ccccc1. The van der Waals surface area contributed by atoms with Gasteiger partial charge >= 0.3 is 0 Å². The van der Waals surface area contributed by atoms with Crippen LogP contribution >= 0.6 is 11.3 Å². The van der Waals surface area contributed by atoms with E-state index >= 15 is 0 Å². The van der Waals surface area contributed by atoms with Crippen LogP contribution in [0.4, 0.5) is 5.13 Å². The van der Waals surface area contributed by atoms with Crippen LogP contribution in [0.15, 0.2) is 66.0 Å². The summed E-state index contributed by atoms with van der Waals surface area (Å²) in [5, 5.41) is 5.51. The molecule has 1 amide bonds. The Labute approximate surface area is 140 Å². The van der Waals surface area contributed by atoms with Crippen molar-refractivity contribution in [3.05, 3.63) is 71.6 Å². The largest absolute Gasteiger partial charge is 0.302 e. The summed E-state index contributed by atoms with van der Waals surface area (Å²) in [6.45, 7) is 2.06. The van der Waals surface area contributed by atoms with Crippen molar-refractivity contribution in [2.24, 2.45) is 0 Å². The van der Waals surface area contributed by atoms with Gasteiger partial charge in [-0.15, -0.1) is 11.3 Å². The molecule has 0 saturated carbocycles. The quantitative estimate of drug-likeness (QED) is 0.722. The second-order valence-corrected chi connectivity index (χ2v) is 6.33. The molecule has 0 fully saturated rings. The van der Waals surface area contributed by atoms with E-state index in [1.807, 2.05) is 53.9 Å². The Morgan fingerprint density at radius 1 is 1.09 bits per heavy atom. The predicted molar refractivity (Wildman–Crippen MR) is 95.7 cm³/mol. The molecule has 0 radical (unpaired) electrons. The Kier molecular flexibility index (Phi) is 4.83. The molecule has 2 aromatic carbocycles. The van der Waals surface area contributed by atoms with Gasteiger partial charge < -0.3 is 5.32 Å². The molecule has 1 heterocycles. The molecule has 3 rings (SSSR count). The Hall–Kier alpha value is -2.46. The highest BCUT2D eigenvalue weighted by atomic mass is 32.1. The molecule has 0 aliphatic heterocycles. The smallest absolute Gasteiger partial charge is 0.226 e. The predicted octanol–water partition coefficient (Wildman–Crippen LogP) is 4.94. The van der Waals surface area contributed by atoms with E-state index in [2.05, 4.69) is 29.4 Å². The van der Waals surface area contributed by atoms with Crippen molar-refractivity contribution in [1.29, 1.82) is 0 Å². The van der Waals surface area contributed by atoms with Gasteiger partial charge in [0.05, 0.1) is 5.69 Å². The molecule has 0 spiro atoms. The lowest BCUT2D eigenvalue weighted by atomic mass is 9.98. The van der Waals surface area contributed by atoms with Crippen LogP contribution < -0.4 is 5.32 Å². The Bertz CT molecular complexity index is 768. The number of carbonyl (C=O) groups is 1. The minimum absolute atomic E-state index is 0.00434. The maximum Gasteiger partial charge on any atom is 0.226 e. The Morgan fingerprint density at radius 3 is 2.43 bits per heavy atom. The molecule has 0 unspecified atom stereocenters. The molecule has 0 bridgehead atoms. The number of hydrogen-bond acceptors (Lipinski definition) is 3. The Morgan fingerprint density at radius 2 is 1.74 bits per heavy atom. The maximum atomic E-state index is 12.2. The first-order valence-corrected chi connectivity index (χ1v) is 8.46. The second kappa shape index (κ2) is 7.20. The Balaban J connectivity index is 1.61. The van der Waals surface area contributed by atoms with Crippen molar-refractivity contribution in [1.82, 2.24) is 4.98 Å². The molecule has 23 heavy (non-hydrogen) atoms. The molecule has 1 aromatic heterocycles. The summed E-state index contributed by atoms with van der Waals surface area (Å²) in [7, 11) is 0. The van der Waals surface area contributed by atoms with Crippen molar-refractivity contribution >= 4 is 22.4 Å². The van der Waals surface area contributed by atoms with Crippen LogP contribution in [-0.4, -0.2) is 10.9 Å². The van der Waals surface area contributed by atoms with Crippen LogP contribution in [0.3, 0.4) is 0 Å². The minimum Gasteiger partial charge on any atom is -0.302 e. The summed E-state index contributed by atoms with van der Waals surface area (Å²) >= 11 is 1.45. The first-order chi connectivity index (χ1) is 11.2. The van der Waals surface area contributed by atoms with Crippen molar-refractivity contribution in [3.63, 3.8) is 0 Å². The van der Waals surface area contributed by atoms with Gasteiger partial charge in [-0.3, -0.25) is 4.79 Å². The molecule has 3 aromatic rings. The highest BCUT2D eigenvalue weighted by Crippen LogP contribution is 2.25. The van der Waals surface area contributed by atoms with Gasteiger partial charge in [-0.1, -0.05) is 67.6 Å². The molecule has 0 aliphatic rings. The molecular weight excluding hydrogens is 304 g/mol. The van der Waals surface area contributed by atoms with Gasteiger partial charge in [0, 0.05) is 17.4 Å². The van der Waals surface area contributed by atoms with Gasteiger partial charge in [0.15, 0.2) is 5.13 Å². The first kappa shape index (κ1) is 15.4. The highest BCUT2D eigenvalue weighted by Gasteiger charge is 2.13. The van der Waals surface area contributed by atoms with Gasteiger partial charge in [-0.25, -0.2) is 4.98 Å². The van der Waals surface area contributed by atoms with Crippen molar-refractivity contribution < 1.29 is 4.79 Å². The summed E-state index contributed by atoms with van der Waals surface area (Å²) in [6.07, 6.45) is 0.449. The van der Waals surface area contributed by atoms with Gasteiger partial charge in [-0.05, 0) is 11.5 Å². The van der Waals surface area contributed by atoms with E-state index in [4.69, 9.17) is 0 Å². The number of amides is 1. The van der Waals surface area contributed by atoms with Crippen LogP contribution in [0.5, 0.6) is 0 Å². The van der Waals surface area contributed by atoms with E-state index < -0.39 is 0 Å². The normalized spacial score (nSPS) is 11.9. The lowest BCUT2D eigenvalue weighted by Gasteiger charge is -2.10. The standard InChI is InChI=1S/C19H18N2OS/c1-14(15-8-4-2-5-9-15)12-18(22)21-19-20-17(13-23-19)16-10-6-3-7-11-16/h2-11,13-14H,12H2,1H3,(H,20,21,22)/t14-/m1/s1. The number of rotatable bonds is 5. The van der Waals surface area contributed by atoms with Crippen LogP contribution in [0.25, 0.3) is 11.3 Å². The topological polar surface area (TPSA) is 42.0 Å². The molecule has 0 saturated heterocycles. The lowest BCUT2D eigenvalue weighted by Crippen LogP contribution is -2.14. The number of carbonyl (C=O) groups excluding carboxylic acids is 1. The fraction of sp³-hybridized carbons (Fsp3) is 0.158. The van der Waals surface area contributed by atoms with Gasteiger partial charge in [0.2, 0.25) is 5.91 Å². The van der Waals surface area contributed by atoms with E-state index in [1.165, 1.54) is 16.9 Å². The number of benzene rings is 2. The third-order valence-corrected chi connectivity index (χ3v) is 4.44. The van der Waals surface area contributed by atoms with Crippen LogP contribution in [0, 0.1) is 0 Å². The number of hydrogen-bond donors (Lipinski definition) is 1. The fourth-order valence-corrected chi connectivity index (χ4v) is 3.16. The summed E-state index contributed by atoms with van der Waals surface area (Å²) in [5.41, 5.74) is 3.12. The van der Waals surface area contributed by atoms with Crippen molar-refractivity contribution in [2.75, 3.05) is 5.32 Å². The van der Waals surface area contributed by atoms with Crippen LogP contribution in [-0.2, 0) is 4.79 Å². The number of nitrogens with zero attached hydrogens (tertiary/aromatic N) is 1. The maximum absolute atomic E-state index is 12.2. The number of thiazole rings is 1. The van der Waals surface area contributed by atoms with Crippen molar-refractivity contribution in [2.45, 2.75) is 19.3 Å². The third-order valence-electron chi connectivity index (χ3n) is 3.68. The van der Waals surface area contributed by atoms with Crippen molar-refractivity contribution in [3.8, 4) is 11.3 Å². The molecule has 1 atom stereocenters. The van der Waals surface area contributed by atoms with Crippen LogP contribution in [0.1, 0.15) is 24.8 Å². The van der Waals surface area contributed by atoms with E-state index in [0.717, 1.165) is 11.3 Å². The third kappa shape index (κ3) is 4.05. The zero-order chi connectivity index (χ0) is 16.1. The van der Waals surface area contributed by atoms with Gasteiger partial charge in [0.1, 0.15) is 0 Å². The van der Waals surface area contributed by atoms with E-state index in [1.54, 1.807) is 0 Å². The summed E-state index contributed by atoms with van der Waals surface area (Å²) in [6, 6.07) is 20.0. The molecule has 0 aliphatic carbocycles. The van der Waals surface area contributed by atoms with E-state index in [9.17, 15) is 4.79 Å². The van der Waals surface area contributed by atoms with E-state index in [-0.39, 0.29) is 11.8 Å². The number of anilines is 1. The summed E-state index contributed by atoms with van der Waals surface area (Å²) in [4.78, 5) is 16.7. The number of aromatic nitrogens is 1. The molecule has 116 valence electrons. The number of nitrogens with one attached hydrogen (secondary N) is 1. The highest BCUT2D eigenvalue weighted by molar-refractivity contribution is 7.14. The van der Waals surface area contributed by atoms with Gasteiger partial charge in [-0.2, -0.15) is 0 Å². The fourth-order valence-electron chi connectivity index (χ4n) is 2.42. The zero-order valence-corrected chi connectivity index (χ0v) is 13.7. The summed E-state index contributed by atoms with van der Waals surface area (Å²) in [5.74, 6) is 0.181. The lowest BCUT2D eigenvalue weighted by molar-refractivity contribution is -0.116. The molecule has 4 heteroatoms. The first-order valence-electron chi connectivity index (χ1n) is 7.58. The average molecular weight is 322 g/mol. The van der Waals surface area contributed by atoms with E-state index in [0.29, 0.717) is 11.6 Å². The summed E-state index contributed by atoms with van der Waals surface area (Å²) < 4.78 is 0. The molecular formula is C19H18N2OS. The minimum atomic E-state index is -0.00434. The molecule has 1 N–H and O–H groups in total. The van der Waals surface area contributed by atoms with Crippen LogP contribution in [0.2, 0.25) is 0 Å².